The molecule has 0 spiro atoms. The second-order valence-corrected chi connectivity index (χ2v) is 11.7. The fourth-order valence-corrected chi connectivity index (χ4v) is 4.87. The third-order valence-electron chi connectivity index (χ3n) is 5.99. The van der Waals surface area contributed by atoms with Crippen LogP contribution < -0.4 is 19.1 Å². The number of aliphatic hydroxyl groups is 1. The van der Waals surface area contributed by atoms with E-state index in [1.165, 1.54) is 10.4 Å². The van der Waals surface area contributed by atoms with Crippen LogP contribution in [0.2, 0.25) is 0 Å². The van der Waals surface area contributed by atoms with E-state index in [4.69, 9.17) is 9.47 Å². The number of anilines is 1. The van der Waals surface area contributed by atoms with Gasteiger partial charge in [0.05, 0.1) is 31.2 Å². The summed E-state index contributed by atoms with van der Waals surface area (Å²) in [6.07, 6.45) is 1.07. The highest BCUT2D eigenvalue weighted by molar-refractivity contribution is 7.92. The normalized spacial score (nSPS) is 12.1. The molecule has 0 bridgehead atoms. The summed E-state index contributed by atoms with van der Waals surface area (Å²) in [5.41, 5.74) is 2.24. The summed E-state index contributed by atoms with van der Waals surface area (Å²) in [5.74, 6) is 1.08. The number of nitrogens with zero attached hydrogens (tertiary/aromatic N) is 2. The van der Waals surface area contributed by atoms with Gasteiger partial charge >= 0.3 is 0 Å². The van der Waals surface area contributed by atoms with Gasteiger partial charge in [-0.25, -0.2) is 8.42 Å². The first-order valence-electron chi connectivity index (χ1n) is 12.3. The van der Waals surface area contributed by atoms with Gasteiger partial charge in [-0.3, -0.25) is 4.31 Å². The Bertz CT molecular complexity index is 1340. The minimum Gasteiger partial charge on any atom is -0.497 e. The Morgan fingerprint density at radius 3 is 2.31 bits per heavy atom. The fourth-order valence-electron chi connectivity index (χ4n) is 3.99. The molecule has 0 fully saturated rings. The molecule has 0 radical (unpaired) electrons. The molecule has 0 aliphatic carbocycles. The highest BCUT2D eigenvalue weighted by atomic mass is 35.5. The van der Waals surface area contributed by atoms with Crippen LogP contribution in [0, 0.1) is 11.3 Å². The number of hydrogen-bond acceptors (Lipinski definition) is 7. The van der Waals surface area contributed by atoms with Crippen molar-refractivity contribution < 1.29 is 23.0 Å². The summed E-state index contributed by atoms with van der Waals surface area (Å²) in [6, 6.07) is 23.8. The van der Waals surface area contributed by atoms with Crippen molar-refractivity contribution in [3.05, 3.63) is 89.5 Å². The Morgan fingerprint density at radius 1 is 1.05 bits per heavy atom. The van der Waals surface area contributed by atoms with Gasteiger partial charge in [0.15, 0.2) is 0 Å². The van der Waals surface area contributed by atoms with E-state index in [1.54, 1.807) is 19.2 Å². The molecule has 0 aliphatic rings. The Hall–Kier alpha value is -3.29. The highest BCUT2D eigenvalue weighted by Gasteiger charge is 2.21. The van der Waals surface area contributed by atoms with Gasteiger partial charge in [0, 0.05) is 12.1 Å². The maximum atomic E-state index is 12.5. The van der Waals surface area contributed by atoms with Gasteiger partial charge in [0.25, 0.3) is 0 Å². The third-order valence-corrected chi connectivity index (χ3v) is 7.13. The summed E-state index contributed by atoms with van der Waals surface area (Å²) in [7, 11) is -1.97. The molecule has 3 aromatic carbocycles. The molecule has 1 unspecified atom stereocenters. The van der Waals surface area contributed by atoms with Crippen LogP contribution in [0.5, 0.6) is 11.5 Å². The van der Waals surface area contributed by atoms with E-state index in [0.29, 0.717) is 12.2 Å². The molecule has 8 nitrogen and oxygen atoms in total. The number of β-amino-alcohol motifs (C(OH)–C–C–N with tert-alkyl or cyclic N) is 1. The Morgan fingerprint density at radius 2 is 1.72 bits per heavy atom. The van der Waals surface area contributed by atoms with Crippen LogP contribution in [0.4, 0.5) is 5.69 Å². The first-order chi connectivity index (χ1) is 18.0. The fraction of sp³-hybridized carbons (Fsp3) is 0.345. The largest absolute Gasteiger partial charge is 0.497 e. The molecule has 0 saturated carbocycles. The SMILES string of the molecule is COc1ccc(CC(C)(C)NCC(O)COc2ccc(N(Cc3ccccc3)S(C)(=O)=O)cc2C#N)cc1.Cl. The zero-order valence-corrected chi connectivity index (χ0v) is 24.3. The Kier molecular flexibility index (Phi) is 11.6. The van der Waals surface area contributed by atoms with Crippen molar-refractivity contribution in [2.45, 2.75) is 38.5 Å². The highest BCUT2D eigenvalue weighted by Crippen LogP contribution is 2.28. The van der Waals surface area contributed by atoms with Crippen LogP contribution in [0.25, 0.3) is 0 Å². The second-order valence-electron chi connectivity index (χ2n) is 9.80. The summed E-state index contributed by atoms with van der Waals surface area (Å²) < 4.78 is 37.2. The predicted octanol–water partition coefficient (Wildman–Crippen LogP) is 4.31. The third kappa shape index (κ3) is 9.75. The minimum absolute atomic E-state index is 0. The van der Waals surface area contributed by atoms with Crippen LogP contribution in [-0.4, -0.2) is 51.7 Å². The maximum Gasteiger partial charge on any atom is 0.232 e. The molecule has 3 rings (SSSR count). The molecule has 0 aliphatic heterocycles. The molecular formula is C29H36ClN3O5S. The Labute approximate surface area is 237 Å². The van der Waals surface area contributed by atoms with Crippen molar-refractivity contribution in [3.63, 3.8) is 0 Å². The van der Waals surface area contributed by atoms with Crippen LogP contribution in [0.15, 0.2) is 72.8 Å². The van der Waals surface area contributed by atoms with E-state index in [2.05, 4.69) is 25.2 Å². The summed E-state index contributed by atoms with van der Waals surface area (Å²) >= 11 is 0. The smallest absolute Gasteiger partial charge is 0.232 e. The van der Waals surface area contributed by atoms with Crippen LogP contribution in [0.3, 0.4) is 0 Å². The van der Waals surface area contributed by atoms with Crippen molar-refractivity contribution >= 4 is 28.1 Å². The molecular weight excluding hydrogens is 538 g/mol. The summed E-state index contributed by atoms with van der Waals surface area (Å²) in [4.78, 5) is 0. The first-order valence-corrected chi connectivity index (χ1v) is 14.1. The lowest BCUT2D eigenvalue weighted by molar-refractivity contribution is 0.0987. The summed E-state index contributed by atoms with van der Waals surface area (Å²) in [6.45, 7) is 4.52. The van der Waals surface area contributed by atoms with Gasteiger partial charge in [-0.1, -0.05) is 42.5 Å². The molecule has 2 N–H and O–H groups in total. The number of halogens is 1. The van der Waals surface area contributed by atoms with Gasteiger partial charge in [0.1, 0.15) is 30.3 Å². The van der Waals surface area contributed by atoms with Crippen molar-refractivity contribution in [3.8, 4) is 17.6 Å². The molecule has 0 amide bonds. The Balaban J connectivity index is 0.00000533. The van der Waals surface area contributed by atoms with E-state index in [0.717, 1.165) is 29.6 Å². The minimum atomic E-state index is -3.60. The lowest BCUT2D eigenvalue weighted by atomic mass is 9.94. The van der Waals surface area contributed by atoms with E-state index >= 15 is 0 Å². The van der Waals surface area contributed by atoms with E-state index < -0.39 is 16.1 Å². The number of nitriles is 1. The summed E-state index contributed by atoms with van der Waals surface area (Å²) in [5, 5.41) is 23.6. The maximum absolute atomic E-state index is 12.5. The lowest BCUT2D eigenvalue weighted by Gasteiger charge is -2.28. The van der Waals surface area contributed by atoms with Gasteiger partial charge in [-0.2, -0.15) is 5.26 Å². The average molecular weight is 574 g/mol. The van der Waals surface area contributed by atoms with Crippen molar-refractivity contribution in [1.82, 2.24) is 5.32 Å². The van der Waals surface area contributed by atoms with Crippen molar-refractivity contribution in [2.75, 3.05) is 30.8 Å². The number of aliphatic hydroxyl groups excluding tert-OH is 1. The van der Waals surface area contributed by atoms with Gasteiger partial charge in [0.2, 0.25) is 10.0 Å². The predicted molar refractivity (Wildman–Crippen MR) is 156 cm³/mol. The number of hydrogen-bond donors (Lipinski definition) is 2. The molecule has 0 heterocycles. The molecule has 210 valence electrons. The second kappa shape index (κ2) is 14.2. The quantitative estimate of drug-likeness (QED) is 0.313. The molecule has 0 saturated heterocycles. The van der Waals surface area contributed by atoms with Crippen molar-refractivity contribution in [2.24, 2.45) is 0 Å². The molecule has 3 aromatic rings. The monoisotopic (exact) mass is 573 g/mol. The molecule has 39 heavy (non-hydrogen) atoms. The molecule has 0 aromatic heterocycles. The van der Waals surface area contributed by atoms with Gasteiger partial charge < -0.3 is 19.9 Å². The molecule has 10 heteroatoms. The lowest BCUT2D eigenvalue weighted by Crippen LogP contribution is -2.46. The number of benzene rings is 3. The zero-order chi connectivity index (χ0) is 27.8. The number of sulfonamides is 1. The van der Waals surface area contributed by atoms with Crippen LogP contribution in [-0.2, 0) is 23.0 Å². The number of nitrogens with one attached hydrogen (secondary N) is 1. The van der Waals surface area contributed by atoms with E-state index in [-0.39, 0.29) is 42.4 Å². The molecule has 1 atom stereocenters. The standard InChI is InChI=1S/C29H35N3O5S.ClH/c1-29(2,17-22-10-13-27(36-3)14-11-22)31-19-26(33)21-37-28-15-12-25(16-24(28)18-30)32(38(4,34)35)20-23-8-6-5-7-9-23;/h5-16,26,31,33H,17,19-21H2,1-4H3;1H. The van der Waals surface area contributed by atoms with Gasteiger partial charge in [-0.05, 0) is 61.7 Å². The van der Waals surface area contributed by atoms with Crippen LogP contribution in [0.1, 0.15) is 30.5 Å². The number of ether oxygens (including phenoxy) is 2. The van der Waals surface area contributed by atoms with Crippen LogP contribution >= 0.6 is 12.4 Å². The van der Waals surface area contributed by atoms with Crippen molar-refractivity contribution in [1.29, 1.82) is 5.26 Å². The van der Waals surface area contributed by atoms with E-state index in [1.807, 2.05) is 54.6 Å². The number of rotatable bonds is 13. The van der Waals surface area contributed by atoms with Gasteiger partial charge in [-0.15, -0.1) is 12.4 Å². The number of methoxy groups -OCH3 is 1. The first kappa shape index (κ1) is 31.9. The van der Waals surface area contributed by atoms with E-state index in [9.17, 15) is 18.8 Å². The topological polar surface area (TPSA) is 112 Å². The average Bonchev–Trinajstić information content (AvgIpc) is 2.89. The zero-order valence-electron chi connectivity index (χ0n) is 22.6.